The van der Waals surface area contributed by atoms with E-state index in [0.717, 1.165) is 46.0 Å². The molecule has 0 saturated carbocycles. The van der Waals surface area contributed by atoms with Crippen molar-refractivity contribution in [2.45, 2.75) is 39.3 Å². The van der Waals surface area contributed by atoms with Crippen molar-refractivity contribution in [1.29, 1.82) is 0 Å². The highest BCUT2D eigenvalue weighted by Gasteiger charge is 2.21. The number of aryl methyl sites for hydroxylation is 2. The fraction of sp³-hybridized carbons (Fsp3) is 0.500. The van der Waals surface area contributed by atoms with Gasteiger partial charge in [0.25, 0.3) is 0 Å². The lowest BCUT2D eigenvalue weighted by molar-refractivity contribution is 0.507. The molecular weight excluding hydrogens is 342 g/mol. The third-order valence-electron chi connectivity index (χ3n) is 3.46. The molecule has 0 aromatic carbocycles. The highest BCUT2D eigenvalue weighted by Crippen LogP contribution is 2.30. The molecule has 20 heavy (non-hydrogen) atoms. The minimum atomic E-state index is 0.132. The predicted molar refractivity (Wildman–Crippen MR) is 84.2 cm³/mol. The summed E-state index contributed by atoms with van der Waals surface area (Å²) in [6.45, 7) is 4.96. The zero-order valence-corrected chi connectivity index (χ0v) is 14.3. The van der Waals surface area contributed by atoms with Gasteiger partial charge in [0.15, 0.2) is 4.67 Å². The van der Waals surface area contributed by atoms with Crippen LogP contribution in [0.15, 0.2) is 21.4 Å². The lowest BCUT2D eigenvalue weighted by atomic mass is 10.0. The summed E-state index contributed by atoms with van der Waals surface area (Å²) < 4.78 is 8.06. The van der Waals surface area contributed by atoms with Gasteiger partial charge in [-0.25, -0.2) is 0 Å². The van der Waals surface area contributed by atoms with Gasteiger partial charge in [0, 0.05) is 24.6 Å². The highest BCUT2D eigenvalue weighted by atomic mass is 79.9. The van der Waals surface area contributed by atoms with Crippen molar-refractivity contribution in [3.63, 3.8) is 0 Å². The van der Waals surface area contributed by atoms with E-state index in [9.17, 15) is 0 Å². The number of likely N-dealkylation sites (N-methyl/N-ethyl adjacent to an activating group) is 1. The van der Waals surface area contributed by atoms with Crippen molar-refractivity contribution in [1.82, 2.24) is 15.1 Å². The van der Waals surface area contributed by atoms with Crippen LogP contribution >= 0.6 is 27.5 Å². The van der Waals surface area contributed by atoms with Gasteiger partial charge < -0.3 is 9.73 Å². The number of halogens is 2. The first kappa shape index (κ1) is 15.6. The molecule has 0 spiro atoms. The van der Waals surface area contributed by atoms with E-state index < -0.39 is 0 Å². The van der Waals surface area contributed by atoms with Crippen molar-refractivity contribution in [2.75, 3.05) is 7.05 Å². The van der Waals surface area contributed by atoms with Gasteiger partial charge in [-0.3, -0.25) is 4.68 Å². The molecule has 0 bridgehead atoms. The number of furan rings is 1. The molecule has 0 amide bonds. The molecule has 6 heteroatoms. The second-order valence-electron chi connectivity index (χ2n) is 4.57. The van der Waals surface area contributed by atoms with Crippen LogP contribution in [0.2, 0.25) is 5.02 Å². The number of hydrogen-bond donors (Lipinski definition) is 1. The molecular formula is C14H19BrClN3O. The zero-order valence-electron chi connectivity index (χ0n) is 11.9. The molecule has 2 aromatic heterocycles. The van der Waals surface area contributed by atoms with E-state index in [1.54, 1.807) is 6.26 Å². The van der Waals surface area contributed by atoms with Crippen LogP contribution in [0.1, 0.15) is 36.8 Å². The second kappa shape index (κ2) is 6.78. The van der Waals surface area contributed by atoms with Crippen molar-refractivity contribution in [2.24, 2.45) is 0 Å². The van der Waals surface area contributed by atoms with Crippen molar-refractivity contribution in [3.05, 3.63) is 39.0 Å². The average molecular weight is 361 g/mol. The Kier molecular flexibility index (Phi) is 5.29. The first-order chi connectivity index (χ1) is 9.62. The number of nitrogens with zero attached hydrogens (tertiary/aromatic N) is 2. The van der Waals surface area contributed by atoms with Crippen LogP contribution in [-0.4, -0.2) is 16.8 Å². The molecule has 2 heterocycles. The van der Waals surface area contributed by atoms with Crippen molar-refractivity contribution >= 4 is 27.5 Å². The molecule has 1 atom stereocenters. The summed E-state index contributed by atoms with van der Waals surface area (Å²) in [5, 5.41) is 8.66. The maximum atomic E-state index is 6.46. The molecule has 1 N–H and O–H groups in total. The Bertz CT molecular complexity index is 579. The SMILES string of the molecule is CCc1nn(CC)c(CC(NC)c2ccoc2Br)c1Cl. The summed E-state index contributed by atoms with van der Waals surface area (Å²) in [6.07, 6.45) is 3.30. The fourth-order valence-electron chi connectivity index (χ4n) is 2.33. The van der Waals surface area contributed by atoms with E-state index in [4.69, 9.17) is 16.0 Å². The molecule has 2 rings (SSSR count). The Morgan fingerprint density at radius 2 is 2.25 bits per heavy atom. The third kappa shape index (κ3) is 2.95. The quantitative estimate of drug-likeness (QED) is 0.847. The lowest BCUT2D eigenvalue weighted by Gasteiger charge is -2.16. The maximum Gasteiger partial charge on any atom is 0.173 e. The smallest absolute Gasteiger partial charge is 0.173 e. The zero-order chi connectivity index (χ0) is 14.7. The molecule has 2 aromatic rings. The normalized spacial score (nSPS) is 12.8. The molecule has 4 nitrogen and oxygen atoms in total. The van der Waals surface area contributed by atoms with E-state index in [1.165, 1.54) is 0 Å². The topological polar surface area (TPSA) is 43.0 Å². The summed E-state index contributed by atoms with van der Waals surface area (Å²) in [7, 11) is 1.94. The lowest BCUT2D eigenvalue weighted by Crippen LogP contribution is -2.20. The highest BCUT2D eigenvalue weighted by molar-refractivity contribution is 9.10. The minimum Gasteiger partial charge on any atom is -0.457 e. The molecule has 0 radical (unpaired) electrons. The summed E-state index contributed by atoms with van der Waals surface area (Å²) >= 11 is 9.90. The van der Waals surface area contributed by atoms with Gasteiger partial charge in [0.1, 0.15) is 0 Å². The maximum absolute atomic E-state index is 6.46. The Balaban J connectivity index is 2.32. The van der Waals surface area contributed by atoms with Crippen LogP contribution in [0.4, 0.5) is 0 Å². The number of aromatic nitrogens is 2. The Labute approximate surface area is 132 Å². The van der Waals surface area contributed by atoms with Gasteiger partial charge >= 0.3 is 0 Å². The Hall–Kier alpha value is -0.780. The largest absolute Gasteiger partial charge is 0.457 e. The van der Waals surface area contributed by atoms with E-state index in [-0.39, 0.29) is 6.04 Å². The number of rotatable bonds is 6. The van der Waals surface area contributed by atoms with Crippen LogP contribution < -0.4 is 5.32 Å². The van der Waals surface area contributed by atoms with Crippen LogP contribution in [0, 0.1) is 0 Å². The first-order valence-corrected chi connectivity index (χ1v) is 7.93. The van der Waals surface area contributed by atoms with Crippen LogP contribution in [0.5, 0.6) is 0 Å². The summed E-state index contributed by atoms with van der Waals surface area (Å²) in [4.78, 5) is 0. The average Bonchev–Trinajstić information content (AvgIpc) is 3.00. The van der Waals surface area contributed by atoms with Gasteiger partial charge in [-0.15, -0.1) is 0 Å². The molecule has 1 unspecified atom stereocenters. The molecule has 0 aliphatic carbocycles. The van der Waals surface area contributed by atoms with Gasteiger partial charge in [-0.05, 0) is 42.4 Å². The molecule has 0 saturated heterocycles. The first-order valence-electron chi connectivity index (χ1n) is 6.76. The monoisotopic (exact) mass is 359 g/mol. The van der Waals surface area contributed by atoms with E-state index >= 15 is 0 Å². The molecule has 0 aliphatic heterocycles. The van der Waals surface area contributed by atoms with E-state index in [1.807, 2.05) is 17.8 Å². The molecule has 110 valence electrons. The fourth-order valence-corrected chi connectivity index (χ4v) is 3.19. The number of hydrogen-bond acceptors (Lipinski definition) is 3. The molecule has 0 aliphatic rings. The van der Waals surface area contributed by atoms with E-state index in [2.05, 4.69) is 40.2 Å². The van der Waals surface area contributed by atoms with Crippen LogP contribution in [-0.2, 0) is 19.4 Å². The minimum absolute atomic E-state index is 0.132. The van der Waals surface area contributed by atoms with Gasteiger partial charge in [-0.1, -0.05) is 18.5 Å². The van der Waals surface area contributed by atoms with Gasteiger partial charge in [-0.2, -0.15) is 5.10 Å². The third-order valence-corrected chi connectivity index (χ3v) is 4.54. The van der Waals surface area contributed by atoms with Gasteiger partial charge in [0.05, 0.1) is 22.7 Å². The Morgan fingerprint density at radius 1 is 1.50 bits per heavy atom. The standard InChI is InChI=1S/C14H19BrClN3O/c1-4-10-13(16)12(19(5-2)18-10)8-11(17-3)9-6-7-20-14(9)15/h6-7,11,17H,4-5,8H2,1-3H3. The predicted octanol–water partition coefficient (Wildman–Crippen LogP) is 3.98. The summed E-state index contributed by atoms with van der Waals surface area (Å²) in [6, 6.07) is 2.10. The summed E-state index contributed by atoms with van der Waals surface area (Å²) in [5.41, 5.74) is 3.12. The second-order valence-corrected chi connectivity index (χ2v) is 5.67. The van der Waals surface area contributed by atoms with Crippen molar-refractivity contribution < 1.29 is 4.42 Å². The van der Waals surface area contributed by atoms with Gasteiger partial charge in [0.2, 0.25) is 0 Å². The van der Waals surface area contributed by atoms with Crippen molar-refractivity contribution in [3.8, 4) is 0 Å². The number of nitrogens with one attached hydrogen (secondary N) is 1. The van der Waals surface area contributed by atoms with Crippen LogP contribution in [0.3, 0.4) is 0 Å². The van der Waals surface area contributed by atoms with E-state index in [0.29, 0.717) is 0 Å². The molecule has 0 fully saturated rings. The Morgan fingerprint density at radius 3 is 2.75 bits per heavy atom. The van der Waals surface area contributed by atoms with Crippen LogP contribution in [0.25, 0.3) is 0 Å². The summed E-state index contributed by atoms with van der Waals surface area (Å²) in [5.74, 6) is 0.